The molecule has 4 heteroatoms. The number of thioether (sulfide) groups is 1. The molecule has 0 aliphatic heterocycles. The van der Waals surface area contributed by atoms with Crippen LogP contribution in [0, 0.1) is 0 Å². The van der Waals surface area contributed by atoms with Gasteiger partial charge >= 0.3 is 5.97 Å². The van der Waals surface area contributed by atoms with Crippen molar-refractivity contribution in [3.05, 3.63) is 45.5 Å². The maximum atomic E-state index is 11.5. The number of ether oxygens (including phenoxy) is 1. The molecule has 17 heavy (non-hydrogen) atoms. The molecule has 0 atom stereocenters. The Balaban J connectivity index is 3.00. The van der Waals surface area contributed by atoms with E-state index in [0.717, 1.165) is 10.5 Å². The van der Waals surface area contributed by atoms with E-state index in [1.807, 2.05) is 26.0 Å². The van der Waals surface area contributed by atoms with Crippen LogP contribution in [-0.4, -0.2) is 13.1 Å². The van der Waals surface area contributed by atoms with Crippen LogP contribution in [0.3, 0.4) is 0 Å². The van der Waals surface area contributed by atoms with E-state index in [-0.39, 0.29) is 5.97 Å². The number of halogens is 1. The summed E-state index contributed by atoms with van der Waals surface area (Å²) in [7, 11) is 1.36. The largest absolute Gasteiger partial charge is 0.465 e. The predicted molar refractivity (Wildman–Crippen MR) is 71.2 cm³/mol. The third-order valence-electron chi connectivity index (χ3n) is 1.77. The van der Waals surface area contributed by atoms with Crippen LogP contribution >= 0.6 is 23.4 Å². The second-order valence-corrected chi connectivity index (χ2v) is 5.02. The van der Waals surface area contributed by atoms with Crippen LogP contribution in [0.5, 0.6) is 0 Å². The van der Waals surface area contributed by atoms with Crippen molar-refractivity contribution in [3.63, 3.8) is 0 Å². The van der Waals surface area contributed by atoms with Crippen LogP contribution in [0.25, 0.3) is 0 Å². The molecular weight excluding hydrogens is 256 g/mol. The molecule has 0 bridgehead atoms. The van der Waals surface area contributed by atoms with Gasteiger partial charge in [-0.25, -0.2) is 4.79 Å². The lowest BCUT2D eigenvalue weighted by atomic mass is 10.3. The highest BCUT2D eigenvalue weighted by Crippen LogP contribution is 2.28. The van der Waals surface area contributed by atoms with Crippen molar-refractivity contribution in [2.45, 2.75) is 18.7 Å². The van der Waals surface area contributed by atoms with Gasteiger partial charge in [-0.2, -0.15) is 0 Å². The summed E-state index contributed by atoms with van der Waals surface area (Å²) in [5.41, 5.74) is 3.91. The fraction of sp³-hybridized carbons (Fsp3) is 0.231. The van der Waals surface area contributed by atoms with E-state index in [0.29, 0.717) is 9.93 Å². The number of hydrogen-bond acceptors (Lipinski definition) is 3. The van der Waals surface area contributed by atoms with E-state index >= 15 is 0 Å². The minimum Gasteiger partial charge on any atom is -0.465 e. The van der Waals surface area contributed by atoms with Gasteiger partial charge < -0.3 is 4.74 Å². The molecule has 90 valence electrons. The zero-order chi connectivity index (χ0) is 12.8. The molecule has 0 N–H and O–H groups in total. The molecule has 0 spiro atoms. The van der Waals surface area contributed by atoms with Crippen LogP contribution in [0.4, 0.5) is 0 Å². The second-order valence-electron chi connectivity index (χ2n) is 3.50. The predicted octanol–water partition coefficient (Wildman–Crippen LogP) is 4.05. The van der Waals surface area contributed by atoms with Crippen molar-refractivity contribution in [2.24, 2.45) is 0 Å². The summed E-state index contributed by atoms with van der Waals surface area (Å²) in [5, 5.41) is 0.667. The fourth-order valence-electron chi connectivity index (χ4n) is 1.06. The highest BCUT2D eigenvalue weighted by Gasteiger charge is 2.11. The summed E-state index contributed by atoms with van der Waals surface area (Å²) in [6.07, 6.45) is 0. The number of methoxy groups -OCH3 is 1. The smallest absolute Gasteiger partial charge is 0.352 e. The molecule has 0 aliphatic carbocycles. The van der Waals surface area contributed by atoms with Gasteiger partial charge in [-0.05, 0) is 43.7 Å². The van der Waals surface area contributed by atoms with Gasteiger partial charge in [-0.1, -0.05) is 29.1 Å². The highest BCUT2D eigenvalue weighted by atomic mass is 35.5. The first kappa shape index (κ1) is 13.9. The zero-order valence-corrected chi connectivity index (χ0v) is 11.5. The number of hydrogen-bond donors (Lipinski definition) is 0. The molecule has 0 saturated carbocycles. The number of esters is 1. The van der Waals surface area contributed by atoms with E-state index in [2.05, 4.69) is 5.73 Å². The van der Waals surface area contributed by atoms with Crippen molar-refractivity contribution < 1.29 is 9.53 Å². The summed E-state index contributed by atoms with van der Waals surface area (Å²) in [6, 6.07) is 7.26. The quantitative estimate of drug-likeness (QED) is 0.358. The summed E-state index contributed by atoms with van der Waals surface area (Å²) >= 11 is 7.10. The maximum Gasteiger partial charge on any atom is 0.352 e. The standard InChI is InChI=1S/C13H13ClO2S/c1-9(2)8-12(13(15)16-3)17-11-6-4-10(14)5-7-11/h4-7H,1-3H3. The molecular formula is C13H13ClO2S. The van der Waals surface area contributed by atoms with Gasteiger partial charge in [0.2, 0.25) is 0 Å². The van der Waals surface area contributed by atoms with E-state index in [1.54, 1.807) is 12.1 Å². The third kappa shape index (κ3) is 4.70. The van der Waals surface area contributed by atoms with Gasteiger partial charge in [0.25, 0.3) is 0 Å². The molecule has 0 unspecified atom stereocenters. The van der Waals surface area contributed by atoms with Gasteiger partial charge in [0.15, 0.2) is 0 Å². The number of carbonyl (C=O) groups is 1. The number of rotatable bonds is 3. The molecule has 0 aliphatic rings. The SMILES string of the molecule is COC(=O)C(=C=C(C)C)Sc1ccc(Cl)cc1. The van der Waals surface area contributed by atoms with Gasteiger partial charge in [0, 0.05) is 9.92 Å². The lowest BCUT2D eigenvalue weighted by Crippen LogP contribution is -2.00. The molecule has 0 aromatic heterocycles. The zero-order valence-electron chi connectivity index (χ0n) is 9.91. The van der Waals surface area contributed by atoms with Crippen LogP contribution < -0.4 is 0 Å². The summed E-state index contributed by atoms with van der Waals surface area (Å²) in [4.78, 5) is 12.9. The van der Waals surface area contributed by atoms with E-state index in [4.69, 9.17) is 16.3 Å². The minimum absolute atomic E-state index is 0.383. The van der Waals surface area contributed by atoms with Crippen LogP contribution in [-0.2, 0) is 9.53 Å². The van der Waals surface area contributed by atoms with Crippen molar-refractivity contribution in [3.8, 4) is 0 Å². The molecule has 1 aromatic rings. The number of carbonyl (C=O) groups excluding carboxylic acids is 1. The monoisotopic (exact) mass is 268 g/mol. The van der Waals surface area contributed by atoms with Gasteiger partial charge in [0.1, 0.15) is 4.91 Å². The molecule has 0 saturated heterocycles. The maximum absolute atomic E-state index is 11.5. The first-order chi connectivity index (χ1) is 8.02. The lowest BCUT2D eigenvalue weighted by Gasteiger charge is -2.03. The molecule has 0 amide bonds. The van der Waals surface area contributed by atoms with Crippen molar-refractivity contribution in [2.75, 3.05) is 7.11 Å². The van der Waals surface area contributed by atoms with Crippen LogP contribution in [0.1, 0.15) is 13.8 Å². The molecule has 0 radical (unpaired) electrons. The van der Waals surface area contributed by atoms with Crippen molar-refractivity contribution in [1.29, 1.82) is 0 Å². The second kappa shape index (κ2) is 6.55. The first-order valence-electron chi connectivity index (χ1n) is 4.99. The normalized spacial score (nSPS) is 9.41. The Hall–Kier alpha value is -1.15. The van der Waals surface area contributed by atoms with Crippen LogP contribution in [0.2, 0.25) is 5.02 Å². The Kier molecular flexibility index (Phi) is 5.36. The van der Waals surface area contributed by atoms with E-state index in [9.17, 15) is 4.79 Å². The Morgan fingerprint density at radius 2 is 1.88 bits per heavy atom. The molecule has 1 rings (SSSR count). The van der Waals surface area contributed by atoms with Gasteiger partial charge in [-0.15, -0.1) is 0 Å². The Morgan fingerprint density at radius 1 is 1.29 bits per heavy atom. The van der Waals surface area contributed by atoms with Crippen molar-refractivity contribution in [1.82, 2.24) is 0 Å². The van der Waals surface area contributed by atoms with Crippen LogP contribution in [0.15, 0.2) is 45.4 Å². The summed E-state index contributed by atoms with van der Waals surface area (Å²) in [6.45, 7) is 3.76. The summed E-state index contributed by atoms with van der Waals surface area (Å²) in [5.74, 6) is -0.383. The Morgan fingerprint density at radius 3 is 2.35 bits per heavy atom. The summed E-state index contributed by atoms with van der Waals surface area (Å²) < 4.78 is 4.71. The van der Waals surface area contributed by atoms with Gasteiger partial charge in [-0.3, -0.25) is 0 Å². The minimum atomic E-state index is -0.383. The average Bonchev–Trinajstić information content (AvgIpc) is 2.29. The van der Waals surface area contributed by atoms with E-state index < -0.39 is 0 Å². The lowest BCUT2D eigenvalue weighted by molar-refractivity contribution is -0.135. The Labute approximate surface area is 110 Å². The Bertz CT molecular complexity index is 467. The fourth-order valence-corrected chi connectivity index (χ4v) is 2.11. The molecule has 2 nitrogen and oxygen atoms in total. The molecule has 1 aromatic carbocycles. The average molecular weight is 269 g/mol. The topological polar surface area (TPSA) is 26.3 Å². The first-order valence-corrected chi connectivity index (χ1v) is 6.18. The molecule has 0 fully saturated rings. The number of benzene rings is 1. The third-order valence-corrected chi connectivity index (χ3v) is 3.00. The molecule has 0 heterocycles. The highest BCUT2D eigenvalue weighted by molar-refractivity contribution is 8.04. The van der Waals surface area contributed by atoms with E-state index in [1.165, 1.54) is 18.9 Å². The van der Waals surface area contributed by atoms with Gasteiger partial charge in [0.05, 0.1) is 7.11 Å². The van der Waals surface area contributed by atoms with Crippen molar-refractivity contribution >= 4 is 29.3 Å².